The Labute approximate surface area is 106 Å². The van der Waals surface area contributed by atoms with Crippen LogP contribution in [-0.4, -0.2) is 43.7 Å². The predicted molar refractivity (Wildman–Crippen MR) is 66.7 cm³/mol. The lowest BCUT2D eigenvalue weighted by Crippen LogP contribution is -2.43. The summed E-state index contributed by atoms with van der Waals surface area (Å²) >= 11 is 0. The fraction of sp³-hybridized carbons (Fsp3) is 0.500. The van der Waals surface area contributed by atoms with Crippen molar-refractivity contribution in [3.8, 4) is 5.75 Å². The van der Waals surface area contributed by atoms with Gasteiger partial charge in [-0.05, 0) is 12.5 Å². The van der Waals surface area contributed by atoms with Crippen molar-refractivity contribution in [1.29, 1.82) is 0 Å². The molecular weight excluding hydrogens is 230 g/mol. The predicted octanol–water partition coefficient (Wildman–Crippen LogP) is 1.41. The van der Waals surface area contributed by atoms with Gasteiger partial charge in [0.05, 0.1) is 25.7 Å². The molecule has 4 nitrogen and oxygen atoms in total. The van der Waals surface area contributed by atoms with Crippen LogP contribution in [0.3, 0.4) is 0 Å². The van der Waals surface area contributed by atoms with E-state index in [9.17, 15) is 4.79 Å². The molecule has 3 rings (SSSR count). The molecule has 96 valence electrons. The molecule has 1 saturated heterocycles. The molecule has 0 spiro atoms. The van der Waals surface area contributed by atoms with Crippen molar-refractivity contribution in [2.75, 3.05) is 32.9 Å². The summed E-state index contributed by atoms with van der Waals surface area (Å²) < 4.78 is 10.9. The lowest BCUT2D eigenvalue weighted by atomic mass is 9.91. The van der Waals surface area contributed by atoms with Gasteiger partial charge in [-0.3, -0.25) is 4.79 Å². The Balaban J connectivity index is 1.82. The van der Waals surface area contributed by atoms with Gasteiger partial charge in [-0.25, -0.2) is 0 Å². The number of amides is 1. The first-order chi connectivity index (χ1) is 8.86. The van der Waals surface area contributed by atoms with Crippen LogP contribution in [0, 0.1) is 0 Å². The third-order valence-electron chi connectivity index (χ3n) is 3.58. The molecule has 1 amide bonds. The van der Waals surface area contributed by atoms with Gasteiger partial charge >= 0.3 is 0 Å². The fourth-order valence-corrected chi connectivity index (χ4v) is 2.60. The van der Waals surface area contributed by atoms with Gasteiger partial charge in [0.15, 0.2) is 0 Å². The van der Waals surface area contributed by atoms with Crippen LogP contribution in [0.25, 0.3) is 0 Å². The molecule has 0 radical (unpaired) electrons. The van der Waals surface area contributed by atoms with Gasteiger partial charge in [-0.15, -0.1) is 0 Å². The summed E-state index contributed by atoms with van der Waals surface area (Å²) in [6.07, 6.45) is 0.771. The summed E-state index contributed by atoms with van der Waals surface area (Å²) in [5.41, 5.74) is 1.03. The van der Waals surface area contributed by atoms with Crippen molar-refractivity contribution in [3.63, 3.8) is 0 Å². The second-order valence-electron chi connectivity index (χ2n) is 4.67. The van der Waals surface area contributed by atoms with Crippen molar-refractivity contribution < 1.29 is 14.3 Å². The number of carbonyl (C=O) groups is 1. The number of benzene rings is 1. The molecule has 2 heterocycles. The molecule has 4 heteroatoms. The standard InChI is InChI=1S/C14H17NO3/c16-14(15-6-9-17-10-7-15)12-5-8-18-13-4-2-1-3-11(12)13/h1-4,12H,5-10H2. The van der Waals surface area contributed by atoms with Crippen LogP contribution in [0.1, 0.15) is 17.9 Å². The average molecular weight is 247 g/mol. The van der Waals surface area contributed by atoms with E-state index in [4.69, 9.17) is 9.47 Å². The number of fused-ring (bicyclic) bond motifs is 1. The molecule has 1 fully saturated rings. The minimum Gasteiger partial charge on any atom is -0.493 e. The summed E-state index contributed by atoms with van der Waals surface area (Å²) in [4.78, 5) is 14.4. The third kappa shape index (κ3) is 2.08. The number of ether oxygens (including phenoxy) is 2. The highest BCUT2D eigenvalue weighted by atomic mass is 16.5. The number of hydrogen-bond donors (Lipinski definition) is 0. The lowest BCUT2D eigenvalue weighted by Gasteiger charge is -2.32. The van der Waals surface area contributed by atoms with Gasteiger partial charge in [0.1, 0.15) is 5.75 Å². The number of nitrogens with zero attached hydrogens (tertiary/aromatic N) is 1. The first kappa shape index (κ1) is 11.5. The van der Waals surface area contributed by atoms with Gasteiger partial charge in [0.2, 0.25) is 5.91 Å². The zero-order valence-electron chi connectivity index (χ0n) is 10.3. The van der Waals surface area contributed by atoms with Crippen molar-refractivity contribution in [3.05, 3.63) is 29.8 Å². The molecule has 1 aromatic rings. The van der Waals surface area contributed by atoms with E-state index < -0.39 is 0 Å². The Bertz CT molecular complexity index is 440. The largest absolute Gasteiger partial charge is 0.493 e. The Hall–Kier alpha value is -1.55. The van der Waals surface area contributed by atoms with Crippen molar-refractivity contribution >= 4 is 5.91 Å². The zero-order valence-corrected chi connectivity index (χ0v) is 10.3. The van der Waals surface area contributed by atoms with E-state index in [0.717, 1.165) is 17.7 Å². The Kier molecular flexibility index (Phi) is 3.19. The monoisotopic (exact) mass is 247 g/mol. The molecule has 18 heavy (non-hydrogen) atoms. The van der Waals surface area contributed by atoms with Crippen molar-refractivity contribution in [1.82, 2.24) is 4.90 Å². The second kappa shape index (κ2) is 4.98. The molecule has 2 aliphatic heterocycles. The van der Waals surface area contributed by atoms with Crippen LogP contribution in [0.5, 0.6) is 5.75 Å². The van der Waals surface area contributed by atoms with Gasteiger partial charge < -0.3 is 14.4 Å². The molecule has 0 N–H and O–H groups in total. The minimum atomic E-state index is -0.0481. The van der Waals surface area contributed by atoms with E-state index in [1.54, 1.807) is 0 Å². The molecular formula is C14H17NO3. The maximum Gasteiger partial charge on any atom is 0.230 e. The van der Waals surface area contributed by atoms with Crippen LogP contribution in [-0.2, 0) is 9.53 Å². The van der Waals surface area contributed by atoms with Gasteiger partial charge in [0, 0.05) is 18.7 Å². The fourth-order valence-electron chi connectivity index (χ4n) is 2.60. The summed E-state index contributed by atoms with van der Waals surface area (Å²) in [6, 6.07) is 7.85. The minimum absolute atomic E-state index is 0.0481. The number of rotatable bonds is 1. The molecule has 1 unspecified atom stereocenters. The van der Waals surface area contributed by atoms with E-state index in [-0.39, 0.29) is 11.8 Å². The van der Waals surface area contributed by atoms with E-state index in [1.807, 2.05) is 29.2 Å². The molecule has 0 saturated carbocycles. The van der Waals surface area contributed by atoms with E-state index in [0.29, 0.717) is 32.9 Å². The smallest absolute Gasteiger partial charge is 0.230 e. The number of morpholine rings is 1. The molecule has 2 aliphatic rings. The zero-order chi connectivity index (χ0) is 12.4. The third-order valence-corrected chi connectivity index (χ3v) is 3.58. The van der Waals surface area contributed by atoms with E-state index in [2.05, 4.69) is 0 Å². The Morgan fingerprint density at radius 2 is 1.94 bits per heavy atom. The second-order valence-corrected chi connectivity index (χ2v) is 4.67. The van der Waals surface area contributed by atoms with Crippen LogP contribution < -0.4 is 4.74 Å². The molecule has 0 aliphatic carbocycles. The maximum absolute atomic E-state index is 12.5. The molecule has 1 aromatic carbocycles. The lowest BCUT2D eigenvalue weighted by molar-refractivity contribution is -0.137. The average Bonchev–Trinajstić information content (AvgIpc) is 2.47. The highest BCUT2D eigenvalue weighted by Crippen LogP contribution is 2.34. The van der Waals surface area contributed by atoms with Crippen LogP contribution in [0.2, 0.25) is 0 Å². The van der Waals surface area contributed by atoms with Crippen LogP contribution in [0.15, 0.2) is 24.3 Å². The highest BCUT2D eigenvalue weighted by molar-refractivity contribution is 5.85. The molecule has 0 aromatic heterocycles. The summed E-state index contributed by atoms with van der Waals surface area (Å²) in [6.45, 7) is 3.34. The molecule has 1 atom stereocenters. The van der Waals surface area contributed by atoms with Crippen LogP contribution >= 0.6 is 0 Å². The maximum atomic E-state index is 12.5. The number of para-hydroxylation sites is 1. The Morgan fingerprint density at radius 1 is 1.17 bits per heavy atom. The first-order valence-electron chi connectivity index (χ1n) is 6.44. The number of hydrogen-bond acceptors (Lipinski definition) is 3. The SMILES string of the molecule is O=C(C1CCOc2ccccc21)N1CCOCC1. The topological polar surface area (TPSA) is 38.8 Å². The highest BCUT2D eigenvalue weighted by Gasteiger charge is 2.31. The number of carbonyl (C=O) groups excluding carboxylic acids is 1. The Morgan fingerprint density at radius 3 is 2.78 bits per heavy atom. The normalized spacial score (nSPS) is 23.1. The summed E-state index contributed by atoms with van der Waals surface area (Å²) in [7, 11) is 0. The van der Waals surface area contributed by atoms with Gasteiger partial charge in [-0.1, -0.05) is 18.2 Å². The quantitative estimate of drug-likeness (QED) is 0.753. The van der Waals surface area contributed by atoms with Crippen molar-refractivity contribution in [2.45, 2.75) is 12.3 Å². The van der Waals surface area contributed by atoms with E-state index in [1.165, 1.54) is 0 Å². The first-order valence-corrected chi connectivity index (χ1v) is 6.44. The van der Waals surface area contributed by atoms with Gasteiger partial charge in [-0.2, -0.15) is 0 Å². The van der Waals surface area contributed by atoms with Crippen LogP contribution in [0.4, 0.5) is 0 Å². The van der Waals surface area contributed by atoms with E-state index >= 15 is 0 Å². The summed E-state index contributed by atoms with van der Waals surface area (Å²) in [5, 5.41) is 0. The van der Waals surface area contributed by atoms with Gasteiger partial charge in [0.25, 0.3) is 0 Å². The van der Waals surface area contributed by atoms with Crippen molar-refractivity contribution in [2.24, 2.45) is 0 Å². The molecule has 0 bridgehead atoms. The summed E-state index contributed by atoms with van der Waals surface area (Å²) in [5.74, 6) is 1.03.